The largest absolute Gasteiger partial charge is 0.338 e. The highest BCUT2D eigenvalue weighted by Crippen LogP contribution is 2.26. The minimum Gasteiger partial charge on any atom is -0.338 e. The Morgan fingerprint density at radius 2 is 1.83 bits per heavy atom. The molecular formula is C14H20N2O2. The summed E-state index contributed by atoms with van der Waals surface area (Å²) < 4.78 is 12.4. The van der Waals surface area contributed by atoms with E-state index in [0.29, 0.717) is 0 Å². The third kappa shape index (κ3) is 2.26. The summed E-state index contributed by atoms with van der Waals surface area (Å²) >= 11 is 0. The van der Waals surface area contributed by atoms with Gasteiger partial charge in [0.05, 0.1) is 17.4 Å². The number of nitrogens with zero attached hydrogens (tertiary/aromatic N) is 2. The van der Waals surface area contributed by atoms with Gasteiger partial charge in [0.25, 0.3) is 0 Å². The summed E-state index contributed by atoms with van der Waals surface area (Å²) in [5.74, 6) is 0. The maximum Gasteiger partial charge on any atom is 0.245 e. The monoisotopic (exact) mass is 248 g/mol. The Morgan fingerprint density at radius 1 is 1.17 bits per heavy atom. The second-order valence-corrected chi connectivity index (χ2v) is 5.38. The van der Waals surface area contributed by atoms with E-state index in [-0.39, 0.29) is 5.41 Å². The van der Waals surface area contributed by atoms with Gasteiger partial charge in [-0.2, -0.15) is 0 Å². The molecule has 0 unspecified atom stereocenters. The first-order chi connectivity index (χ1) is 8.47. The van der Waals surface area contributed by atoms with Gasteiger partial charge in [0.15, 0.2) is 0 Å². The third-order valence-electron chi connectivity index (χ3n) is 3.07. The number of fused-ring (bicyclic) bond motifs is 1. The van der Waals surface area contributed by atoms with Gasteiger partial charge in [0.1, 0.15) is 0 Å². The lowest BCUT2D eigenvalue weighted by Crippen LogP contribution is -2.12. The van der Waals surface area contributed by atoms with Crippen molar-refractivity contribution < 1.29 is 9.47 Å². The maximum absolute atomic E-state index is 5.25. The summed E-state index contributed by atoms with van der Waals surface area (Å²) in [6.45, 7) is 6.58. The Balaban J connectivity index is 2.50. The van der Waals surface area contributed by atoms with Crippen molar-refractivity contribution in [2.45, 2.75) is 32.6 Å². The minimum absolute atomic E-state index is 0.125. The molecule has 4 heteroatoms. The quantitative estimate of drug-likeness (QED) is 0.783. The van der Waals surface area contributed by atoms with E-state index >= 15 is 0 Å². The molecule has 1 aromatic carbocycles. The first-order valence-electron chi connectivity index (χ1n) is 6.00. The van der Waals surface area contributed by atoms with Crippen LogP contribution in [0.3, 0.4) is 0 Å². The molecule has 4 nitrogen and oxygen atoms in total. The maximum atomic E-state index is 5.25. The first-order valence-corrected chi connectivity index (χ1v) is 6.00. The van der Waals surface area contributed by atoms with Crippen LogP contribution in [0.1, 0.15) is 32.7 Å². The van der Waals surface area contributed by atoms with Crippen molar-refractivity contribution in [3.05, 3.63) is 30.1 Å². The number of aromatic nitrogens is 2. The highest BCUT2D eigenvalue weighted by Gasteiger charge is 2.17. The van der Waals surface area contributed by atoms with E-state index in [2.05, 4.69) is 44.0 Å². The summed E-state index contributed by atoms with van der Waals surface area (Å²) in [4.78, 5) is 4.41. The lowest BCUT2D eigenvalue weighted by molar-refractivity contribution is -0.153. The van der Waals surface area contributed by atoms with Gasteiger partial charge in [-0.15, -0.1) is 0 Å². The number of rotatable bonds is 3. The van der Waals surface area contributed by atoms with Crippen molar-refractivity contribution in [2.24, 2.45) is 0 Å². The normalized spacial score (nSPS) is 12.6. The summed E-state index contributed by atoms with van der Waals surface area (Å²) in [5.41, 5.74) is 3.37. The topological polar surface area (TPSA) is 36.3 Å². The van der Waals surface area contributed by atoms with Crippen LogP contribution in [0.2, 0.25) is 0 Å². The van der Waals surface area contributed by atoms with Crippen LogP contribution in [0, 0.1) is 0 Å². The molecule has 98 valence electrons. The zero-order valence-corrected chi connectivity index (χ0v) is 11.6. The van der Waals surface area contributed by atoms with Crippen molar-refractivity contribution in [1.82, 2.24) is 9.55 Å². The Bertz CT molecular complexity index is 536. The van der Waals surface area contributed by atoms with E-state index in [1.807, 2.05) is 4.57 Å². The van der Waals surface area contributed by atoms with Crippen LogP contribution in [-0.2, 0) is 14.9 Å². The van der Waals surface area contributed by atoms with Gasteiger partial charge in [-0.1, -0.05) is 26.8 Å². The fourth-order valence-corrected chi connectivity index (χ4v) is 1.99. The summed E-state index contributed by atoms with van der Waals surface area (Å²) in [7, 11) is 3.23. The third-order valence-corrected chi connectivity index (χ3v) is 3.07. The second-order valence-electron chi connectivity index (χ2n) is 5.38. The Hall–Kier alpha value is -1.39. The Kier molecular flexibility index (Phi) is 3.41. The SMILES string of the molecule is COC(OC)n1cnc2cc(C(C)(C)C)ccc21. The minimum atomic E-state index is -0.435. The van der Waals surface area contributed by atoms with Gasteiger partial charge in [-0.3, -0.25) is 4.57 Å². The standard InChI is InChI=1S/C14H20N2O2/c1-14(2,3)10-6-7-12-11(8-10)15-9-16(12)13(17-4)18-5/h6-9,13H,1-5H3. The van der Waals surface area contributed by atoms with Crippen LogP contribution in [-0.4, -0.2) is 23.8 Å². The predicted octanol–water partition coefficient (Wildman–Crippen LogP) is 3.08. The highest BCUT2D eigenvalue weighted by atomic mass is 16.7. The fourth-order valence-electron chi connectivity index (χ4n) is 1.99. The van der Waals surface area contributed by atoms with Crippen LogP contribution >= 0.6 is 0 Å². The molecule has 1 heterocycles. The van der Waals surface area contributed by atoms with E-state index < -0.39 is 6.41 Å². The van der Waals surface area contributed by atoms with Crippen molar-refractivity contribution in [3.8, 4) is 0 Å². The molecule has 0 aliphatic carbocycles. The molecule has 0 amide bonds. The van der Waals surface area contributed by atoms with Crippen molar-refractivity contribution in [2.75, 3.05) is 14.2 Å². The van der Waals surface area contributed by atoms with Crippen molar-refractivity contribution >= 4 is 11.0 Å². The van der Waals surface area contributed by atoms with E-state index in [4.69, 9.17) is 9.47 Å². The fraction of sp³-hybridized carbons (Fsp3) is 0.500. The molecule has 0 fully saturated rings. The smallest absolute Gasteiger partial charge is 0.245 e. The number of ether oxygens (including phenoxy) is 2. The average Bonchev–Trinajstić information content (AvgIpc) is 2.73. The van der Waals surface area contributed by atoms with Gasteiger partial charge in [-0.05, 0) is 23.1 Å². The highest BCUT2D eigenvalue weighted by molar-refractivity contribution is 5.76. The van der Waals surface area contributed by atoms with Gasteiger partial charge in [0.2, 0.25) is 6.41 Å². The van der Waals surface area contributed by atoms with Gasteiger partial charge in [0, 0.05) is 14.2 Å². The number of hydrogen-bond donors (Lipinski definition) is 0. The van der Waals surface area contributed by atoms with E-state index in [1.165, 1.54) is 5.56 Å². The lowest BCUT2D eigenvalue weighted by Gasteiger charge is -2.19. The molecule has 2 rings (SSSR count). The van der Waals surface area contributed by atoms with Crippen LogP contribution < -0.4 is 0 Å². The van der Waals surface area contributed by atoms with Gasteiger partial charge >= 0.3 is 0 Å². The number of imidazole rings is 1. The summed E-state index contributed by atoms with van der Waals surface area (Å²) in [6.07, 6.45) is 1.31. The van der Waals surface area contributed by atoms with Crippen LogP contribution in [0.4, 0.5) is 0 Å². The Morgan fingerprint density at radius 3 is 2.39 bits per heavy atom. The van der Waals surface area contributed by atoms with E-state index in [1.54, 1.807) is 20.5 Å². The molecule has 0 N–H and O–H groups in total. The summed E-state index contributed by atoms with van der Waals surface area (Å²) in [6, 6.07) is 6.31. The second kappa shape index (κ2) is 4.71. The molecule has 0 radical (unpaired) electrons. The molecule has 0 aliphatic rings. The number of methoxy groups -OCH3 is 2. The molecule has 0 aliphatic heterocycles. The molecule has 0 saturated heterocycles. The number of hydrogen-bond acceptors (Lipinski definition) is 3. The molecular weight excluding hydrogens is 228 g/mol. The van der Waals surface area contributed by atoms with E-state index in [9.17, 15) is 0 Å². The van der Waals surface area contributed by atoms with Crippen LogP contribution in [0.15, 0.2) is 24.5 Å². The van der Waals surface area contributed by atoms with Crippen LogP contribution in [0.25, 0.3) is 11.0 Å². The molecule has 0 atom stereocenters. The zero-order valence-electron chi connectivity index (χ0n) is 11.6. The molecule has 2 aromatic rings. The Labute approximate surface area is 108 Å². The predicted molar refractivity (Wildman–Crippen MR) is 71.5 cm³/mol. The molecule has 18 heavy (non-hydrogen) atoms. The van der Waals surface area contributed by atoms with Crippen molar-refractivity contribution in [3.63, 3.8) is 0 Å². The summed E-state index contributed by atoms with van der Waals surface area (Å²) in [5, 5.41) is 0. The molecule has 0 saturated carbocycles. The van der Waals surface area contributed by atoms with Gasteiger partial charge in [-0.25, -0.2) is 4.98 Å². The molecule has 0 spiro atoms. The van der Waals surface area contributed by atoms with E-state index in [0.717, 1.165) is 11.0 Å². The van der Waals surface area contributed by atoms with Gasteiger partial charge < -0.3 is 9.47 Å². The molecule has 1 aromatic heterocycles. The average molecular weight is 248 g/mol. The lowest BCUT2D eigenvalue weighted by atomic mass is 9.87. The van der Waals surface area contributed by atoms with Crippen LogP contribution in [0.5, 0.6) is 0 Å². The number of benzene rings is 1. The van der Waals surface area contributed by atoms with Crippen molar-refractivity contribution in [1.29, 1.82) is 0 Å². The zero-order chi connectivity index (χ0) is 13.3. The first kappa shape index (κ1) is 13.1. The molecule has 0 bridgehead atoms.